The molecular formula is C24H25N5O2. The average Bonchev–Trinajstić information content (AvgIpc) is 3.09. The maximum Gasteiger partial charge on any atom is 0.203 e. The number of nitrogens with zero attached hydrogens (tertiary/aromatic N) is 4. The monoisotopic (exact) mass is 415 g/mol. The summed E-state index contributed by atoms with van der Waals surface area (Å²) in [6.07, 6.45) is 7.21. The van der Waals surface area contributed by atoms with Gasteiger partial charge in [0, 0.05) is 48.0 Å². The second-order valence-electron chi connectivity index (χ2n) is 8.44. The van der Waals surface area contributed by atoms with E-state index in [4.69, 9.17) is 20.4 Å². The van der Waals surface area contributed by atoms with Gasteiger partial charge in [-0.2, -0.15) is 0 Å². The molecule has 0 atom stereocenters. The summed E-state index contributed by atoms with van der Waals surface area (Å²) in [6.45, 7) is 3.19. The standard InChI is InChI=1S/C24H25N5O2/c25-22-18-6-2-5-17(15-7-8-20(26-13-15)28-9-11-31-12-10-28)23(18)27-19-14-29(16-3-1-4-16)24(30)21(19)22/h2,5-8,13-14,16,30H,1,3-4,9-12,25H2. The molecule has 4 aromatic rings. The number of para-hydroxylation sites is 1. The summed E-state index contributed by atoms with van der Waals surface area (Å²) in [7, 11) is 0. The van der Waals surface area contributed by atoms with Crippen LogP contribution in [0.15, 0.2) is 42.7 Å². The first-order valence-electron chi connectivity index (χ1n) is 10.9. The van der Waals surface area contributed by atoms with E-state index < -0.39 is 0 Å². The van der Waals surface area contributed by atoms with Gasteiger partial charge in [0.1, 0.15) is 5.82 Å². The molecule has 0 amide bonds. The summed E-state index contributed by atoms with van der Waals surface area (Å²) < 4.78 is 7.37. The molecule has 6 rings (SSSR count). The van der Waals surface area contributed by atoms with Crippen molar-refractivity contribution >= 4 is 33.3 Å². The number of anilines is 2. The van der Waals surface area contributed by atoms with Crippen molar-refractivity contribution in [1.29, 1.82) is 0 Å². The molecule has 2 fully saturated rings. The van der Waals surface area contributed by atoms with Crippen LogP contribution in [0.25, 0.3) is 32.9 Å². The third kappa shape index (κ3) is 2.91. The number of ether oxygens (including phenoxy) is 1. The van der Waals surface area contributed by atoms with E-state index in [0.717, 1.165) is 72.5 Å². The molecule has 1 aromatic carbocycles. The van der Waals surface area contributed by atoms with E-state index in [9.17, 15) is 5.11 Å². The zero-order chi connectivity index (χ0) is 20.9. The molecule has 0 spiro atoms. The normalized spacial score (nSPS) is 17.4. The highest BCUT2D eigenvalue weighted by Crippen LogP contribution is 2.43. The molecule has 158 valence electrons. The molecule has 3 aromatic heterocycles. The molecule has 7 heteroatoms. The number of benzene rings is 1. The van der Waals surface area contributed by atoms with Crippen LogP contribution >= 0.6 is 0 Å². The molecule has 0 unspecified atom stereocenters. The Morgan fingerprint density at radius 1 is 1.10 bits per heavy atom. The fourth-order valence-electron chi connectivity index (χ4n) is 4.68. The van der Waals surface area contributed by atoms with E-state index in [0.29, 0.717) is 17.1 Å². The van der Waals surface area contributed by atoms with Crippen molar-refractivity contribution in [3.63, 3.8) is 0 Å². The molecule has 1 saturated carbocycles. The first-order chi connectivity index (χ1) is 15.2. The summed E-state index contributed by atoms with van der Waals surface area (Å²) in [4.78, 5) is 11.9. The number of fused-ring (bicyclic) bond motifs is 2. The van der Waals surface area contributed by atoms with Crippen molar-refractivity contribution in [2.75, 3.05) is 36.9 Å². The molecule has 0 radical (unpaired) electrons. The van der Waals surface area contributed by atoms with E-state index in [-0.39, 0.29) is 5.88 Å². The third-order valence-corrected chi connectivity index (χ3v) is 6.68. The number of aromatic nitrogens is 3. The van der Waals surface area contributed by atoms with Gasteiger partial charge in [0.25, 0.3) is 0 Å². The van der Waals surface area contributed by atoms with Gasteiger partial charge in [-0.3, -0.25) is 0 Å². The Morgan fingerprint density at radius 3 is 2.65 bits per heavy atom. The predicted octanol–water partition coefficient (Wildman–Crippen LogP) is 4.10. The Morgan fingerprint density at radius 2 is 1.94 bits per heavy atom. The summed E-state index contributed by atoms with van der Waals surface area (Å²) in [5.74, 6) is 1.19. The van der Waals surface area contributed by atoms with Gasteiger partial charge >= 0.3 is 0 Å². The lowest BCUT2D eigenvalue weighted by Gasteiger charge is -2.27. The fourth-order valence-corrected chi connectivity index (χ4v) is 4.68. The highest BCUT2D eigenvalue weighted by molar-refractivity contribution is 6.12. The Balaban J connectivity index is 1.46. The van der Waals surface area contributed by atoms with Crippen LogP contribution in [0.1, 0.15) is 25.3 Å². The largest absolute Gasteiger partial charge is 0.494 e. The highest BCUT2D eigenvalue weighted by atomic mass is 16.5. The van der Waals surface area contributed by atoms with Gasteiger partial charge in [-0.15, -0.1) is 0 Å². The van der Waals surface area contributed by atoms with Crippen molar-refractivity contribution in [3.8, 4) is 17.0 Å². The maximum atomic E-state index is 10.8. The lowest BCUT2D eigenvalue weighted by Crippen LogP contribution is -2.36. The molecule has 31 heavy (non-hydrogen) atoms. The Labute approximate surface area is 180 Å². The highest BCUT2D eigenvalue weighted by Gasteiger charge is 2.25. The lowest BCUT2D eigenvalue weighted by molar-refractivity contribution is 0.122. The quantitative estimate of drug-likeness (QED) is 0.524. The van der Waals surface area contributed by atoms with Crippen LogP contribution in [0, 0.1) is 0 Å². The molecule has 4 heterocycles. The van der Waals surface area contributed by atoms with Gasteiger partial charge < -0.3 is 25.0 Å². The van der Waals surface area contributed by atoms with Crippen LogP contribution in [-0.4, -0.2) is 45.9 Å². The number of rotatable bonds is 3. The summed E-state index contributed by atoms with van der Waals surface area (Å²) in [5, 5.41) is 12.3. The van der Waals surface area contributed by atoms with Gasteiger partial charge in [-0.05, 0) is 31.4 Å². The summed E-state index contributed by atoms with van der Waals surface area (Å²) in [5.41, 5.74) is 10.7. The predicted molar refractivity (Wildman–Crippen MR) is 122 cm³/mol. The number of morpholine rings is 1. The van der Waals surface area contributed by atoms with Crippen LogP contribution in [0.2, 0.25) is 0 Å². The zero-order valence-corrected chi connectivity index (χ0v) is 17.3. The first-order valence-corrected chi connectivity index (χ1v) is 10.9. The lowest BCUT2D eigenvalue weighted by atomic mass is 9.93. The van der Waals surface area contributed by atoms with E-state index in [2.05, 4.69) is 23.1 Å². The van der Waals surface area contributed by atoms with Crippen LogP contribution < -0.4 is 10.6 Å². The van der Waals surface area contributed by atoms with Gasteiger partial charge in [0.2, 0.25) is 5.88 Å². The third-order valence-electron chi connectivity index (χ3n) is 6.68. The molecule has 2 aliphatic rings. The fraction of sp³-hybridized carbons (Fsp3) is 0.333. The minimum absolute atomic E-state index is 0.230. The molecular weight excluding hydrogens is 390 g/mol. The summed E-state index contributed by atoms with van der Waals surface area (Å²) in [6, 6.07) is 10.5. The second-order valence-corrected chi connectivity index (χ2v) is 8.44. The van der Waals surface area contributed by atoms with E-state index >= 15 is 0 Å². The van der Waals surface area contributed by atoms with E-state index in [1.54, 1.807) is 0 Å². The number of hydrogen-bond acceptors (Lipinski definition) is 6. The molecule has 1 aliphatic carbocycles. The molecule has 1 saturated heterocycles. The van der Waals surface area contributed by atoms with Gasteiger partial charge in [-0.1, -0.05) is 18.2 Å². The minimum Gasteiger partial charge on any atom is -0.494 e. The molecule has 7 nitrogen and oxygen atoms in total. The first kappa shape index (κ1) is 18.4. The van der Waals surface area contributed by atoms with Crippen LogP contribution in [0.5, 0.6) is 5.88 Å². The molecule has 1 aliphatic heterocycles. The molecule has 0 bridgehead atoms. The SMILES string of the molecule is Nc1c2cccc(-c3ccc(N4CCOCC4)nc3)c2nc2cn(C3CCC3)c(O)c12. The number of nitrogens with two attached hydrogens (primary N) is 1. The van der Waals surface area contributed by atoms with Crippen molar-refractivity contribution in [1.82, 2.24) is 14.5 Å². The van der Waals surface area contributed by atoms with Crippen molar-refractivity contribution in [2.45, 2.75) is 25.3 Å². The Hall–Kier alpha value is -3.32. The number of nitrogen functional groups attached to an aromatic ring is 1. The van der Waals surface area contributed by atoms with Gasteiger partial charge in [-0.25, -0.2) is 9.97 Å². The second kappa shape index (κ2) is 7.13. The maximum absolute atomic E-state index is 10.8. The number of pyridine rings is 2. The number of hydrogen-bond donors (Lipinski definition) is 2. The van der Waals surface area contributed by atoms with Crippen molar-refractivity contribution in [3.05, 3.63) is 42.7 Å². The van der Waals surface area contributed by atoms with Gasteiger partial charge in [0.05, 0.1) is 35.3 Å². The minimum atomic E-state index is 0.230. The average molecular weight is 415 g/mol. The van der Waals surface area contributed by atoms with Crippen LogP contribution in [-0.2, 0) is 4.74 Å². The van der Waals surface area contributed by atoms with Gasteiger partial charge in [0.15, 0.2) is 0 Å². The smallest absolute Gasteiger partial charge is 0.203 e. The summed E-state index contributed by atoms with van der Waals surface area (Å²) >= 11 is 0. The van der Waals surface area contributed by atoms with Crippen LogP contribution in [0.3, 0.4) is 0 Å². The Kier molecular flexibility index (Phi) is 4.24. The van der Waals surface area contributed by atoms with E-state index in [1.807, 2.05) is 29.1 Å². The zero-order valence-electron chi connectivity index (χ0n) is 17.3. The topological polar surface area (TPSA) is 89.4 Å². The van der Waals surface area contributed by atoms with E-state index in [1.165, 1.54) is 6.42 Å². The Bertz CT molecular complexity index is 1270. The number of aromatic hydroxyl groups is 1. The van der Waals surface area contributed by atoms with Crippen LogP contribution in [0.4, 0.5) is 11.5 Å². The van der Waals surface area contributed by atoms with Crippen molar-refractivity contribution in [2.24, 2.45) is 0 Å². The molecule has 3 N–H and O–H groups in total. The van der Waals surface area contributed by atoms with Crippen molar-refractivity contribution < 1.29 is 9.84 Å².